The lowest BCUT2D eigenvalue weighted by atomic mass is 10.1. The van der Waals surface area contributed by atoms with Crippen LogP contribution in [0.1, 0.15) is 25.8 Å². The number of alkyl halides is 3. The molecule has 20 heavy (non-hydrogen) atoms. The molecule has 1 fully saturated rings. The summed E-state index contributed by atoms with van der Waals surface area (Å²) in [5.41, 5.74) is 4.75. The molecule has 2 rings (SSSR count). The first-order valence-corrected chi connectivity index (χ1v) is 6.54. The number of rotatable bonds is 2. The van der Waals surface area contributed by atoms with E-state index >= 15 is 0 Å². The lowest BCUT2D eigenvalue weighted by Gasteiger charge is -2.39. The number of pyridine rings is 1. The highest BCUT2D eigenvalue weighted by atomic mass is 19.4. The number of hydrogen-bond acceptors (Lipinski definition) is 4. The van der Waals surface area contributed by atoms with E-state index in [9.17, 15) is 13.2 Å². The lowest BCUT2D eigenvalue weighted by Crippen LogP contribution is -2.49. The molecule has 1 aliphatic rings. The number of aromatic nitrogens is 1. The molecule has 2 atom stereocenters. The van der Waals surface area contributed by atoms with Crippen molar-refractivity contribution < 1.29 is 17.9 Å². The van der Waals surface area contributed by atoms with Crippen LogP contribution in [-0.2, 0) is 10.9 Å². The Balaban J connectivity index is 2.37. The van der Waals surface area contributed by atoms with Gasteiger partial charge in [-0.2, -0.15) is 13.2 Å². The van der Waals surface area contributed by atoms with Crippen molar-refractivity contribution in [1.29, 1.82) is 0 Å². The Bertz CT molecular complexity index is 478. The fraction of sp³-hybridized carbons (Fsp3) is 0.615. The van der Waals surface area contributed by atoms with Crippen LogP contribution in [0, 0.1) is 0 Å². The predicted octanol–water partition coefficient (Wildman–Crippen LogP) is 2.69. The van der Waals surface area contributed by atoms with Gasteiger partial charge in [0.1, 0.15) is 11.6 Å². The quantitative estimate of drug-likeness (QED) is 0.909. The van der Waals surface area contributed by atoms with Gasteiger partial charge in [0.05, 0.1) is 24.3 Å². The molecule has 0 aromatic carbocycles. The zero-order valence-corrected chi connectivity index (χ0v) is 11.4. The minimum Gasteiger partial charge on any atom is -0.384 e. The Kier molecular flexibility index (Phi) is 4.08. The molecule has 4 nitrogen and oxygen atoms in total. The first-order valence-electron chi connectivity index (χ1n) is 6.54. The Hall–Kier alpha value is -1.50. The average Bonchev–Trinajstić information content (AvgIpc) is 2.37. The van der Waals surface area contributed by atoms with E-state index in [0.29, 0.717) is 13.2 Å². The van der Waals surface area contributed by atoms with Crippen molar-refractivity contribution in [3.63, 3.8) is 0 Å². The fourth-order valence-corrected chi connectivity index (χ4v) is 2.31. The second kappa shape index (κ2) is 5.47. The van der Waals surface area contributed by atoms with E-state index in [1.165, 1.54) is 0 Å². The second-order valence-electron chi connectivity index (χ2n) is 5.00. The molecule has 2 N–H and O–H groups in total. The molecule has 0 aliphatic carbocycles. The molecule has 7 heteroatoms. The second-order valence-corrected chi connectivity index (χ2v) is 5.00. The molecule has 112 valence electrons. The Labute approximate surface area is 115 Å². The van der Waals surface area contributed by atoms with Crippen LogP contribution in [0.25, 0.3) is 0 Å². The van der Waals surface area contributed by atoms with Crippen LogP contribution in [0.15, 0.2) is 12.1 Å². The van der Waals surface area contributed by atoms with Gasteiger partial charge in [-0.1, -0.05) is 6.92 Å². The SMILES string of the molecule is CCC1COC(C)CN1c1cc(C(F)(F)F)cc(N)n1. The molecule has 1 aliphatic heterocycles. The van der Waals surface area contributed by atoms with Crippen molar-refractivity contribution in [2.75, 3.05) is 23.8 Å². The molecule has 0 amide bonds. The minimum atomic E-state index is -4.43. The largest absolute Gasteiger partial charge is 0.416 e. The van der Waals surface area contributed by atoms with E-state index in [1.807, 2.05) is 18.7 Å². The van der Waals surface area contributed by atoms with Gasteiger partial charge in [-0.15, -0.1) is 0 Å². The summed E-state index contributed by atoms with van der Waals surface area (Å²) in [6.07, 6.45) is -3.70. The number of nitrogens with zero attached hydrogens (tertiary/aromatic N) is 2. The van der Waals surface area contributed by atoms with E-state index in [2.05, 4.69) is 4.98 Å². The van der Waals surface area contributed by atoms with Crippen molar-refractivity contribution in [2.45, 2.75) is 38.6 Å². The smallest absolute Gasteiger partial charge is 0.384 e. The van der Waals surface area contributed by atoms with Crippen LogP contribution in [0.3, 0.4) is 0 Å². The van der Waals surface area contributed by atoms with Crippen LogP contribution in [-0.4, -0.2) is 30.3 Å². The van der Waals surface area contributed by atoms with Crippen LogP contribution in [0.2, 0.25) is 0 Å². The number of anilines is 2. The molecule has 1 saturated heterocycles. The number of nitrogen functional groups attached to an aromatic ring is 1. The van der Waals surface area contributed by atoms with Gasteiger partial charge in [0.15, 0.2) is 0 Å². The third-order valence-electron chi connectivity index (χ3n) is 3.39. The fourth-order valence-electron chi connectivity index (χ4n) is 2.31. The van der Waals surface area contributed by atoms with Crippen molar-refractivity contribution in [3.05, 3.63) is 17.7 Å². The zero-order valence-electron chi connectivity index (χ0n) is 11.4. The Morgan fingerprint density at radius 3 is 2.75 bits per heavy atom. The van der Waals surface area contributed by atoms with E-state index in [0.717, 1.165) is 18.6 Å². The molecule has 0 radical (unpaired) electrons. The maximum Gasteiger partial charge on any atom is 0.416 e. The van der Waals surface area contributed by atoms with Gasteiger partial charge in [0, 0.05) is 6.54 Å². The summed E-state index contributed by atoms with van der Waals surface area (Å²) in [5, 5.41) is 0. The molecule has 2 unspecified atom stereocenters. The van der Waals surface area contributed by atoms with Crippen LogP contribution in [0.5, 0.6) is 0 Å². The van der Waals surface area contributed by atoms with Gasteiger partial charge >= 0.3 is 6.18 Å². The van der Waals surface area contributed by atoms with Gasteiger partial charge in [-0.25, -0.2) is 4.98 Å². The van der Waals surface area contributed by atoms with Gasteiger partial charge in [-0.05, 0) is 25.5 Å². The van der Waals surface area contributed by atoms with E-state index in [-0.39, 0.29) is 23.8 Å². The zero-order chi connectivity index (χ0) is 14.9. The number of ether oxygens (including phenoxy) is 1. The lowest BCUT2D eigenvalue weighted by molar-refractivity contribution is -0.137. The number of halogens is 3. The van der Waals surface area contributed by atoms with E-state index in [4.69, 9.17) is 10.5 Å². The van der Waals surface area contributed by atoms with Gasteiger partial charge in [0.2, 0.25) is 0 Å². The van der Waals surface area contributed by atoms with Crippen LogP contribution < -0.4 is 10.6 Å². The van der Waals surface area contributed by atoms with Crippen molar-refractivity contribution in [3.8, 4) is 0 Å². The summed E-state index contributed by atoms with van der Waals surface area (Å²) < 4.78 is 44.1. The average molecular weight is 289 g/mol. The number of hydrogen-bond donors (Lipinski definition) is 1. The standard InChI is InChI=1S/C13H18F3N3O/c1-3-10-7-20-8(2)6-19(10)12-5-9(13(14,15)16)4-11(17)18-12/h4-5,8,10H,3,6-7H2,1-2H3,(H2,17,18). The third-order valence-corrected chi connectivity index (χ3v) is 3.39. The van der Waals surface area contributed by atoms with E-state index in [1.54, 1.807) is 0 Å². The number of morpholine rings is 1. The summed E-state index contributed by atoms with van der Waals surface area (Å²) in [5.74, 6) is 0.142. The normalized spacial score (nSPS) is 23.9. The maximum absolute atomic E-state index is 12.8. The monoisotopic (exact) mass is 289 g/mol. The van der Waals surface area contributed by atoms with Crippen LogP contribution >= 0.6 is 0 Å². The van der Waals surface area contributed by atoms with Gasteiger partial charge < -0.3 is 15.4 Å². The van der Waals surface area contributed by atoms with Crippen molar-refractivity contribution in [2.24, 2.45) is 0 Å². The Morgan fingerprint density at radius 1 is 1.45 bits per heavy atom. The summed E-state index contributed by atoms with van der Waals surface area (Å²) in [6, 6.07) is 1.92. The van der Waals surface area contributed by atoms with Crippen molar-refractivity contribution >= 4 is 11.6 Å². The summed E-state index contributed by atoms with van der Waals surface area (Å²) in [6.45, 7) is 4.84. The highest BCUT2D eigenvalue weighted by Gasteiger charge is 2.33. The number of nitrogens with two attached hydrogens (primary N) is 1. The van der Waals surface area contributed by atoms with E-state index < -0.39 is 11.7 Å². The molecule has 1 aromatic heterocycles. The van der Waals surface area contributed by atoms with Gasteiger partial charge in [-0.3, -0.25) is 0 Å². The summed E-state index contributed by atoms with van der Waals surface area (Å²) >= 11 is 0. The first kappa shape index (κ1) is 14.9. The summed E-state index contributed by atoms with van der Waals surface area (Å²) in [7, 11) is 0. The molecule has 0 bridgehead atoms. The Morgan fingerprint density at radius 2 is 2.15 bits per heavy atom. The third kappa shape index (κ3) is 3.15. The highest BCUT2D eigenvalue weighted by molar-refractivity contribution is 5.50. The van der Waals surface area contributed by atoms with Crippen molar-refractivity contribution in [1.82, 2.24) is 4.98 Å². The van der Waals surface area contributed by atoms with Crippen LogP contribution in [0.4, 0.5) is 24.8 Å². The minimum absolute atomic E-state index is 0.0154. The maximum atomic E-state index is 12.8. The molecular formula is C13H18F3N3O. The van der Waals surface area contributed by atoms with Gasteiger partial charge in [0.25, 0.3) is 0 Å². The molecular weight excluding hydrogens is 271 g/mol. The topological polar surface area (TPSA) is 51.4 Å². The molecule has 1 aromatic rings. The molecule has 0 saturated carbocycles. The molecule has 0 spiro atoms. The molecule has 2 heterocycles. The predicted molar refractivity (Wildman–Crippen MR) is 70.5 cm³/mol. The first-order chi connectivity index (χ1) is 9.31. The summed E-state index contributed by atoms with van der Waals surface area (Å²) in [4.78, 5) is 5.90. The highest BCUT2D eigenvalue weighted by Crippen LogP contribution is 2.33.